The fourth-order valence-corrected chi connectivity index (χ4v) is 8.32. The van der Waals surface area contributed by atoms with Crippen molar-refractivity contribution >= 4 is 42.5 Å². The first kappa shape index (κ1) is 57.8. The smallest absolute Gasteiger partial charge is 0.315 e. The van der Waals surface area contributed by atoms with Gasteiger partial charge >= 0.3 is 11.8 Å². The Kier molecular flexibility index (Phi) is 21.0. The van der Waals surface area contributed by atoms with E-state index in [-0.39, 0.29) is 38.3 Å². The first-order valence-corrected chi connectivity index (χ1v) is 21.3. The van der Waals surface area contributed by atoms with Crippen LogP contribution in [-0.2, 0) is 57.2 Å². The Morgan fingerprint density at radius 1 is 0.652 bits per heavy atom. The van der Waals surface area contributed by atoms with Gasteiger partial charge in [-0.05, 0) is 12.8 Å². The Morgan fingerprint density at radius 2 is 1.22 bits per heavy atom. The van der Waals surface area contributed by atoms with Crippen LogP contribution < -0.4 is 21.3 Å². The predicted octanol–water partition coefficient (Wildman–Crippen LogP) is -13.7. The standard InChI is InChI=1S/C38H59N4O27/c43-5-3-1-2-4-17(49)42-35(63)34(62)39-7-18(50)41-19(11-47)69-36-28(59)25(56)20(51)13(68-36)6-40-37(12-48,31-26(57)23(54)21(52)14(8-44)65-31)33-30(61)38(64,29(60)16(10-46)67-33)32-27(58)24(55)22(53)15(9-45)66-32/h11-16,19-33,36,40,44-46,51-61,64H,1-4,6-10H2,(H,39,62)(H,41,50)(H,42,49,63)/t13-,14+,15+,16+,19?,20+,21+,22+,23-,24-,25+,26-,27-,28-,29+,30+,31-,32-,33-,36-,37?,38-/m0/s1. The van der Waals surface area contributed by atoms with Gasteiger partial charge in [0.25, 0.3) is 0 Å². The summed E-state index contributed by atoms with van der Waals surface area (Å²) >= 11 is 0. The van der Waals surface area contributed by atoms with E-state index in [4.69, 9.17) is 23.7 Å². The van der Waals surface area contributed by atoms with Gasteiger partial charge in [-0.15, -0.1) is 0 Å². The third-order valence-corrected chi connectivity index (χ3v) is 12.3. The summed E-state index contributed by atoms with van der Waals surface area (Å²) in [6, 6.07) is 0. The molecule has 4 aliphatic rings. The van der Waals surface area contributed by atoms with Gasteiger partial charge in [-0.1, -0.05) is 0 Å². The number of carbonyl (C=O) groups is 6. The molecule has 0 aromatic carbocycles. The molecule has 0 aromatic rings. The lowest BCUT2D eigenvalue weighted by molar-refractivity contribution is -0.355. The Morgan fingerprint density at radius 3 is 1.80 bits per heavy atom. The molecule has 4 fully saturated rings. The maximum atomic E-state index is 13.7. The molecular weight excluding hydrogens is 944 g/mol. The molecule has 1 radical (unpaired) electrons. The van der Waals surface area contributed by atoms with Crippen molar-refractivity contribution in [1.82, 2.24) is 21.3 Å². The second-order valence-electron chi connectivity index (χ2n) is 16.7. The van der Waals surface area contributed by atoms with Crippen molar-refractivity contribution in [3.8, 4) is 0 Å². The zero-order chi connectivity index (χ0) is 51.7. The molecule has 0 spiro atoms. The lowest BCUT2D eigenvalue weighted by Gasteiger charge is -2.59. The molecule has 0 saturated carbocycles. The van der Waals surface area contributed by atoms with Crippen molar-refractivity contribution in [1.29, 1.82) is 0 Å². The molecular formula is C38H59N4O27. The molecule has 4 heterocycles. The number of unbranched alkanes of at least 4 members (excludes halogenated alkanes) is 2. The Hall–Kier alpha value is -3.75. The first-order valence-electron chi connectivity index (χ1n) is 21.3. The number of rotatable bonds is 21. The quantitative estimate of drug-likeness (QED) is 0.0220. The summed E-state index contributed by atoms with van der Waals surface area (Å²) in [5, 5.41) is 171. The van der Waals surface area contributed by atoms with E-state index in [0.717, 1.165) is 0 Å². The van der Waals surface area contributed by atoms with Crippen LogP contribution in [0.15, 0.2) is 0 Å². The summed E-state index contributed by atoms with van der Waals surface area (Å²) in [6.07, 6.45) is -43.7. The van der Waals surface area contributed by atoms with Crippen LogP contribution in [0.1, 0.15) is 25.7 Å². The molecule has 2 unspecified atom stereocenters. The van der Waals surface area contributed by atoms with Crippen molar-refractivity contribution in [3.63, 3.8) is 0 Å². The van der Waals surface area contributed by atoms with Crippen molar-refractivity contribution in [2.45, 2.75) is 159 Å². The van der Waals surface area contributed by atoms with E-state index in [0.29, 0.717) is 0 Å². The molecule has 4 rings (SSSR count). The summed E-state index contributed by atoms with van der Waals surface area (Å²) in [4.78, 5) is 84.6. The minimum Gasteiger partial charge on any atom is -0.394 e. The third kappa shape index (κ3) is 12.3. The summed E-state index contributed by atoms with van der Waals surface area (Å²) in [6.45, 7) is -5.65. The number of carbonyl (C=O) groups excluding carboxylic acids is 7. The highest BCUT2D eigenvalue weighted by Crippen LogP contribution is 2.44. The van der Waals surface area contributed by atoms with Gasteiger partial charge in [0.15, 0.2) is 30.7 Å². The molecule has 31 heteroatoms. The third-order valence-electron chi connectivity index (χ3n) is 12.3. The zero-order valence-electron chi connectivity index (χ0n) is 36.2. The van der Waals surface area contributed by atoms with E-state index < -0.39 is 190 Å². The van der Waals surface area contributed by atoms with E-state index in [1.54, 1.807) is 11.6 Å². The van der Waals surface area contributed by atoms with E-state index >= 15 is 0 Å². The minimum absolute atomic E-state index is 0.0429. The molecule has 0 aliphatic carbocycles. The maximum absolute atomic E-state index is 13.7. The monoisotopic (exact) mass is 1000 g/mol. The number of hydrogen-bond acceptors (Lipinski definition) is 28. The SMILES string of the molecule is O=[C]CCCCC(=O)NC(=O)C(=O)NCC(=O)NC(C=O)O[C@@H]1O[C@@H](CNC(C=O)([C@H]2O[C@H](CO)[C@@H](O)[C@H](O)[C@@H]2O)[C@H]2O[C@H](CO)[C@@H](O)[C@@](O)([C@H]3O[C@H](CO)[C@@H](O)[C@H](O)[C@@H]3O)[C@@H]2O)[C@@H](O)[C@@H](O)[C@@H]1O. The van der Waals surface area contributed by atoms with Crippen LogP contribution in [0.25, 0.3) is 0 Å². The lowest BCUT2D eigenvalue weighted by atomic mass is 9.67. The van der Waals surface area contributed by atoms with Gasteiger partial charge in [0.1, 0.15) is 122 Å². The number of nitrogens with one attached hydrogen (secondary N) is 4. The number of hydrogen-bond donors (Lipinski definition) is 19. The normalized spacial score (nSPS) is 40.6. The van der Waals surface area contributed by atoms with Crippen LogP contribution in [0.4, 0.5) is 0 Å². The number of imide groups is 1. The fraction of sp³-hybridized carbons (Fsp3) is 0.816. The number of amides is 4. The van der Waals surface area contributed by atoms with Gasteiger partial charge in [-0.25, -0.2) is 0 Å². The largest absolute Gasteiger partial charge is 0.394 e. The predicted molar refractivity (Wildman–Crippen MR) is 213 cm³/mol. The highest BCUT2D eigenvalue weighted by atomic mass is 16.7. The molecule has 393 valence electrons. The van der Waals surface area contributed by atoms with E-state index in [1.165, 1.54) is 0 Å². The molecule has 4 aliphatic heterocycles. The summed E-state index contributed by atoms with van der Waals surface area (Å²) < 4.78 is 27.6. The summed E-state index contributed by atoms with van der Waals surface area (Å²) in [5.74, 6) is -5.03. The van der Waals surface area contributed by atoms with Gasteiger partial charge in [-0.2, -0.15) is 0 Å². The highest BCUT2D eigenvalue weighted by Gasteiger charge is 2.69. The summed E-state index contributed by atoms with van der Waals surface area (Å²) in [7, 11) is 0. The summed E-state index contributed by atoms with van der Waals surface area (Å²) in [5.41, 5.74) is -6.53. The van der Waals surface area contributed by atoms with Gasteiger partial charge < -0.3 is 116 Å². The zero-order valence-corrected chi connectivity index (χ0v) is 36.2. The molecule has 31 nitrogen and oxygen atoms in total. The van der Waals surface area contributed by atoms with Crippen molar-refractivity contribution in [3.05, 3.63) is 0 Å². The highest BCUT2D eigenvalue weighted by molar-refractivity contribution is 6.38. The van der Waals surface area contributed by atoms with Gasteiger partial charge in [-0.3, -0.25) is 39.4 Å². The van der Waals surface area contributed by atoms with Crippen molar-refractivity contribution < 1.29 is 134 Å². The average Bonchev–Trinajstić information content (AvgIpc) is 3.33. The van der Waals surface area contributed by atoms with Crippen LogP contribution in [-0.4, -0.2) is 286 Å². The molecule has 4 saturated heterocycles. The van der Waals surface area contributed by atoms with Gasteiger partial charge in [0.2, 0.25) is 11.8 Å². The van der Waals surface area contributed by atoms with Crippen LogP contribution in [0.2, 0.25) is 0 Å². The molecule has 4 amide bonds. The molecule has 19 N–H and O–H groups in total. The average molecular weight is 1000 g/mol. The van der Waals surface area contributed by atoms with Crippen molar-refractivity contribution in [2.24, 2.45) is 0 Å². The van der Waals surface area contributed by atoms with Crippen LogP contribution in [0, 0.1) is 0 Å². The first-order chi connectivity index (χ1) is 32.5. The Labute approximate surface area is 389 Å². The van der Waals surface area contributed by atoms with Gasteiger partial charge in [0.05, 0.1) is 26.4 Å². The second-order valence-corrected chi connectivity index (χ2v) is 16.7. The minimum atomic E-state index is -3.44. The topological polar surface area (TPSA) is 517 Å². The molecule has 69 heavy (non-hydrogen) atoms. The fourth-order valence-electron chi connectivity index (χ4n) is 8.32. The molecule has 0 aromatic heterocycles. The van der Waals surface area contributed by atoms with E-state index in [1.807, 2.05) is 10.6 Å². The van der Waals surface area contributed by atoms with Crippen LogP contribution in [0.5, 0.6) is 0 Å². The maximum Gasteiger partial charge on any atom is 0.315 e. The number of ether oxygens (including phenoxy) is 5. The second kappa shape index (κ2) is 25.1. The van der Waals surface area contributed by atoms with E-state index in [2.05, 4.69) is 5.32 Å². The number of aldehydes is 2. The Balaban J connectivity index is 1.61. The lowest BCUT2D eigenvalue weighted by Crippen LogP contribution is -2.83. The van der Waals surface area contributed by atoms with Crippen molar-refractivity contribution in [2.75, 3.05) is 32.9 Å². The van der Waals surface area contributed by atoms with E-state index in [9.17, 15) is 110 Å². The number of aliphatic hydroxyl groups excluding tert-OH is 14. The molecule has 22 atom stereocenters. The van der Waals surface area contributed by atoms with Crippen LogP contribution in [0.3, 0.4) is 0 Å². The van der Waals surface area contributed by atoms with Gasteiger partial charge in [0, 0.05) is 19.4 Å². The van der Waals surface area contributed by atoms with Crippen LogP contribution >= 0.6 is 0 Å². The molecule has 0 bridgehead atoms. The number of aliphatic hydroxyl groups is 15. The Bertz CT molecular complexity index is 1770.